The van der Waals surface area contributed by atoms with E-state index in [1.165, 1.54) is 11.9 Å². The van der Waals surface area contributed by atoms with E-state index in [9.17, 15) is 0 Å². The van der Waals surface area contributed by atoms with E-state index in [2.05, 4.69) is 4.83 Å². The predicted molar refractivity (Wildman–Crippen MR) is 52.7 cm³/mol. The van der Waals surface area contributed by atoms with E-state index in [-0.39, 0.29) is 0 Å². The van der Waals surface area contributed by atoms with Crippen molar-refractivity contribution in [2.45, 2.75) is 4.90 Å². The maximum Gasteiger partial charge on any atom is 0.161 e. The average molecular weight is 200 g/mol. The molecule has 0 heterocycles. The maximum absolute atomic E-state index is 5.16. The van der Waals surface area contributed by atoms with E-state index < -0.39 is 0 Å². The zero-order valence-corrected chi connectivity index (χ0v) is 8.35. The van der Waals surface area contributed by atoms with Crippen LogP contribution in [-0.4, -0.2) is 14.2 Å². The summed E-state index contributed by atoms with van der Waals surface area (Å²) in [6.07, 6.45) is 0. The molecule has 1 rings (SSSR count). The van der Waals surface area contributed by atoms with Crippen LogP contribution in [0, 0.1) is 0 Å². The highest BCUT2D eigenvalue weighted by Crippen LogP contribution is 2.30. The van der Waals surface area contributed by atoms with Gasteiger partial charge in [0.15, 0.2) is 11.5 Å². The third-order valence-corrected chi connectivity index (χ3v) is 2.14. The molecule has 1 aromatic carbocycles. The number of methoxy groups -OCH3 is 2. The lowest BCUT2D eigenvalue weighted by atomic mass is 10.3. The fourth-order valence-corrected chi connectivity index (χ4v) is 1.39. The van der Waals surface area contributed by atoms with Crippen LogP contribution < -0.4 is 20.1 Å². The molecule has 0 amide bonds. The Labute approximate surface area is 81.5 Å². The standard InChI is InChI=1S/C8H12N2O2S/c1-11-7-4-3-6(13-10-9)5-8(7)12-2/h3-5,10H,9H2,1-2H3. The highest BCUT2D eigenvalue weighted by molar-refractivity contribution is 7.97. The van der Waals surface area contributed by atoms with E-state index in [1.807, 2.05) is 18.2 Å². The Hall–Kier alpha value is -0.910. The van der Waals surface area contributed by atoms with Gasteiger partial charge in [0.05, 0.1) is 14.2 Å². The molecule has 0 saturated heterocycles. The van der Waals surface area contributed by atoms with E-state index in [0.717, 1.165) is 4.90 Å². The lowest BCUT2D eigenvalue weighted by Gasteiger charge is -2.08. The van der Waals surface area contributed by atoms with Crippen LogP contribution in [0.15, 0.2) is 23.1 Å². The maximum atomic E-state index is 5.16. The fraction of sp³-hybridized carbons (Fsp3) is 0.250. The van der Waals surface area contributed by atoms with Gasteiger partial charge in [-0.15, -0.1) is 0 Å². The Morgan fingerprint density at radius 1 is 1.23 bits per heavy atom. The second kappa shape index (κ2) is 4.96. The number of hydrogen-bond acceptors (Lipinski definition) is 5. The molecule has 72 valence electrons. The summed E-state index contributed by atoms with van der Waals surface area (Å²) in [4.78, 5) is 3.47. The van der Waals surface area contributed by atoms with Crippen LogP contribution in [0.1, 0.15) is 0 Å². The Morgan fingerprint density at radius 3 is 2.46 bits per heavy atom. The second-order valence-corrected chi connectivity index (χ2v) is 3.15. The molecule has 5 heteroatoms. The fourth-order valence-electron chi connectivity index (χ4n) is 0.948. The molecule has 1 aromatic rings. The molecule has 0 saturated carbocycles. The van der Waals surface area contributed by atoms with Crippen LogP contribution in [0.3, 0.4) is 0 Å². The zero-order valence-electron chi connectivity index (χ0n) is 7.53. The lowest BCUT2D eigenvalue weighted by molar-refractivity contribution is 0.354. The molecule has 0 aliphatic heterocycles. The van der Waals surface area contributed by atoms with Crippen molar-refractivity contribution in [2.75, 3.05) is 14.2 Å². The molecule has 13 heavy (non-hydrogen) atoms. The molecule has 0 fully saturated rings. The van der Waals surface area contributed by atoms with Gasteiger partial charge in [0, 0.05) is 4.90 Å². The largest absolute Gasteiger partial charge is 0.493 e. The van der Waals surface area contributed by atoms with E-state index in [0.29, 0.717) is 11.5 Å². The Morgan fingerprint density at radius 2 is 1.92 bits per heavy atom. The summed E-state index contributed by atoms with van der Waals surface area (Å²) >= 11 is 1.32. The van der Waals surface area contributed by atoms with Crippen LogP contribution in [0.4, 0.5) is 0 Å². The zero-order chi connectivity index (χ0) is 9.68. The summed E-state index contributed by atoms with van der Waals surface area (Å²) in [6.45, 7) is 0. The summed E-state index contributed by atoms with van der Waals surface area (Å²) in [6, 6.07) is 5.58. The average Bonchev–Trinajstić information content (AvgIpc) is 2.18. The minimum absolute atomic E-state index is 0.697. The molecule has 0 atom stereocenters. The summed E-state index contributed by atoms with van der Waals surface area (Å²) in [5.74, 6) is 6.57. The number of hydrogen-bond donors (Lipinski definition) is 2. The normalized spacial score (nSPS) is 9.77. The number of rotatable bonds is 4. The van der Waals surface area contributed by atoms with Gasteiger partial charge in [-0.1, -0.05) is 0 Å². The van der Waals surface area contributed by atoms with Gasteiger partial charge in [0.25, 0.3) is 0 Å². The summed E-state index contributed by atoms with van der Waals surface area (Å²) in [5, 5.41) is 0. The van der Waals surface area contributed by atoms with Crippen LogP contribution >= 0.6 is 11.9 Å². The van der Waals surface area contributed by atoms with E-state index in [1.54, 1.807) is 14.2 Å². The lowest BCUT2D eigenvalue weighted by Crippen LogP contribution is -2.11. The highest BCUT2D eigenvalue weighted by atomic mass is 32.2. The van der Waals surface area contributed by atoms with Crippen LogP contribution in [-0.2, 0) is 0 Å². The van der Waals surface area contributed by atoms with Crippen molar-refractivity contribution in [2.24, 2.45) is 5.84 Å². The third-order valence-electron chi connectivity index (χ3n) is 1.53. The number of nitrogens with two attached hydrogens (primary N) is 1. The quantitative estimate of drug-likeness (QED) is 0.434. The predicted octanol–water partition coefficient (Wildman–Crippen LogP) is 1.17. The van der Waals surface area contributed by atoms with Crippen LogP contribution in [0.5, 0.6) is 11.5 Å². The highest BCUT2D eigenvalue weighted by Gasteiger charge is 2.03. The monoisotopic (exact) mass is 200 g/mol. The van der Waals surface area contributed by atoms with Crippen molar-refractivity contribution in [3.63, 3.8) is 0 Å². The smallest absolute Gasteiger partial charge is 0.161 e. The van der Waals surface area contributed by atoms with Crippen molar-refractivity contribution >= 4 is 11.9 Å². The van der Waals surface area contributed by atoms with Gasteiger partial charge in [0.2, 0.25) is 0 Å². The third kappa shape index (κ3) is 2.51. The Kier molecular flexibility index (Phi) is 3.88. The van der Waals surface area contributed by atoms with E-state index in [4.69, 9.17) is 15.3 Å². The first kappa shape index (κ1) is 10.2. The number of hydrazine groups is 1. The van der Waals surface area contributed by atoms with Crippen molar-refractivity contribution < 1.29 is 9.47 Å². The molecular weight excluding hydrogens is 188 g/mol. The molecule has 0 aliphatic rings. The van der Waals surface area contributed by atoms with Gasteiger partial charge in [-0.05, 0) is 30.1 Å². The SMILES string of the molecule is COc1ccc(SNN)cc1OC. The van der Waals surface area contributed by atoms with Gasteiger partial charge < -0.3 is 9.47 Å². The van der Waals surface area contributed by atoms with Gasteiger partial charge >= 0.3 is 0 Å². The summed E-state index contributed by atoms with van der Waals surface area (Å²) in [7, 11) is 3.20. The van der Waals surface area contributed by atoms with E-state index >= 15 is 0 Å². The molecule has 0 spiro atoms. The first-order chi connectivity index (χ1) is 6.31. The van der Waals surface area contributed by atoms with Gasteiger partial charge in [0.1, 0.15) is 0 Å². The number of ether oxygens (including phenoxy) is 2. The first-order valence-electron chi connectivity index (χ1n) is 3.66. The first-order valence-corrected chi connectivity index (χ1v) is 4.48. The van der Waals surface area contributed by atoms with Crippen molar-refractivity contribution in [3.8, 4) is 11.5 Å². The van der Waals surface area contributed by atoms with Crippen molar-refractivity contribution in [1.82, 2.24) is 4.83 Å². The van der Waals surface area contributed by atoms with Gasteiger partial charge in [-0.25, -0.2) is 0 Å². The van der Waals surface area contributed by atoms with Crippen LogP contribution in [0.2, 0.25) is 0 Å². The molecule has 4 nitrogen and oxygen atoms in total. The molecule has 0 radical (unpaired) electrons. The van der Waals surface area contributed by atoms with Crippen molar-refractivity contribution in [1.29, 1.82) is 0 Å². The molecule has 0 unspecified atom stereocenters. The van der Waals surface area contributed by atoms with Crippen molar-refractivity contribution in [3.05, 3.63) is 18.2 Å². The topological polar surface area (TPSA) is 56.5 Å². The second-order valence-electron chi connectivity index (χ2n) is 2.24. The molecular formula is C8H12N2O2S. The van der Waals surface area contributed by atoms with Gasteiger partial charge in [-0.2, -0.15) is 4.83 Å². The minimum Gasteiger partial charge on any atom is -0.493 e. The molecule has 0 bridgehead atoms. The molecule has 0 aliphatic carbocycles. The molecule has 3 N–H and O–H groups in total. The Bertz CT molecular complexity index is 281. The Balaban J connectivity index is 2.91. The summed E-state index contributed by atoms with van der Waals surface area (Å²) < 4.78 is 10.2. The molecule has 0 aromatic heterocycles. The number of nitrogens with one attached hydrogen (secondary N) is 1. The minimum atomic E-state index is 0.697. The van der Waals surface area contributed by atoms with Crippen LogP contribution in [0.25, 0.3) is 0 Å². The number of benzene rings is 1. The van der Waals surface area contributed by atoms with Gasteiger partial charge in [-0.3, -0.25) is 5.84 Å². The summed E-state index contributed by atoms with van der Waals surface area (Å²) in [5.41, 5.74) is 0.